The van der Waals surface area contributed by atoms with Crippen LogP contribution in [0.25, 0.3) is 16.0 Å². The lowest BCUT2D eigenvalue weighted by Crippen LogP contribution is -2.29. The molecule has 4 aromatic rings. The van der Waals surface area contributed by atoms with Crippen molar-refractivity contribution >= 4 is 44.1 Å². The van der Waals surface area contributed by atoms with Crippen LogP contribution in [-0.2, 0) is 9.59 Å². The Morgan fingerprint density at radius 3 is 2.49 bits per heavy atom. The molecule has 9 heteroatoms. The van der Waals surface area contributed by atoms with Crippen LogP contribution in [0.3, 0.4) is 0 Å². The highest BCUT2D eigenvalue weighted by molar-refractivity contribution is 7.22. The molecule has 1 aromatic heterocycles. The van der Waals surface area contributed by atoms with Gasteiger partial charge in [0.05, 0.1) is 30.0 Å². The molecule has 1 amide bonds. The first-order chi connectivity index (χ1) is 16.9. The van der Waals surface area contributed by atoms with Crippen molar-refractivity contribution in [2.45, 2.75) is 6.04 Å². The van der Waals surface area contributed by atoms with Gasteiger partial charge in [0.15, 0.2) is 5.13 Å². The number of aliphatic hydroxyl groups is 1. The van der Waals surface area contributed by atoms with Crippen LogP contribution in [0.5, 0.6) is 11.5 Å². The highest BCUT2D eigenvalue weighted by Crippen LogP contribution is 2.45. The summed E-state index contributed by atoms with van der Waals surface area (Å²) in [4.78, 5) is 32.2. The van der Waals surface area contributed by atoms with E-state index in [1.165, 1.54) is 31.4 Å². The number of Topliss-reactive ketones (excluding diaryl/α,β-unsaturated/α-hetero) is 1. The summed E-state index contributed by atoms with van der Waals surface area (Å²) < 4.78 is 26.2. The van der Waals surface area contributed by atoms with Gasteiger partial charge in [0.1, 0.15) is 29.1 Å². The summed E-state index contributed by atoms with van der Waals surface area (Å²) in [5.74, 6) is -1.84. The smallest absolute Gasteiger partial charge is 0.301 e. The van der Waals surface area contributed by atoms with E-state index >= 15 is 4.39 Å². The zero-order valence-electron chi connectivity index (χ0n) is 18.7. The molecule has 1 unspecified atom stereocenters. The van der Waals surface area contributed by atoms with Gasteiger partial charge in [0.25, 0.3) is 5.78 Å². The number of amides is 1. The predicted octanol–water partition coefficient (Wildman–Crippen LogP) is 5.08. The number of benzene rings is 3. The molecule has 0 spiro atoms. The highest BCUT2D eigenvalue weighted by atomic mass is 32.1. The lowest BCUT2D eigenvalue weighted by Gasteiger charge is -2.23. The Balaban J connectivity index is 1.73. The van der Waals surface area contributed by atoms with Crippen molar-refractivity contribution in [2.75, 3.05) is 19.1 Å². The molecule has 176 valence electrons. The van der Waals surface area contributed by atoms with Crippen molar-refractivity contribution in [1.29, 1.82) is 0 Å². The number of ether oxygens (including phenoxy) is 2. The second kappa shape index (κ2) is 8.84. The van der Waals surface area contributed by atoms with Gasteiger partial charge in [-0.25, -0.2) is 9.37 Å². The maximum absolute atomic E-state index is 15.0. The molecule has 1 N–H and O–H groups in total. The van der Waals surface area contributed by atoms with E-state index in [0.717, 1.165) is 20.9 Å². The van der Waals surface area contributed by atoms with Gasteiger partial charge >= 0.3 is 5.91 Å². The van der Waals surface area contributed by atoms with Crippen molar-refractivity contribution in [3.05, 3.63) is 89.2 Å². The second-order valence-electron chi connectivity index (χ2n) is 7.75. The van der Waals surface area contributed by atoms with Gasteiger partial charge in [-0.3, -0.25) is 14.5 Å². The molecule has 7 nitrogen and oxygen atoms in total. The molecular formula is C26H19FN2O5S. The minimum absolute atomic E-state index is 0.0629. The summed E-state index contributed by atoms with van der Waals surface area (Å²) in [7, 11) is 3.01. The minimum Gasteiger partial charge on any atom is -0.507 e. The summed E-state index contributed by atoms with van der Waals surface area (Å²) in [5.41, 5.74) is 0.684. The zero-order chi connectivity index (χ0) is 24.7. The molecule has 1 saturated heterocycles. The Morgan fingerprint density at radius 2 is 1.74 bits per heavy atom. The third kappa shape index (κ3) is 3.79. The summed E-state index contributed by atoms with van der Waals surface area (Å²) in [6.07, 6.45) is 0. The number of fused-ring (bicyclic) bond motifs is 1. The molecule has 1 fully saturated rings. The molecular weight excluding hydrogens is 471 g/mol. The zero-order valence-corrected chi connectivity index (χ0v) is 19.5. The SMILES string of the molecule is COc1cccc(C(O)=C2C(=O)C(=O)N(c3nc4ccc(OC)cc4s3)C2c2ccccc2F)c1. The third-order valence-electron chi connectivity index (χ3n) is 5.78. The fraction of sp³-hybridized carbons (Fsp3) is 0.115. The average molecular weight is 491 g/mol. The number of aliphatic hydroxyl groups excluding tert-OH is 1. The second-order valence-corrected chi connectivity index (χ2v) is 8.76. The van der Waals surface area contributed by atoms with E-state index in [-0.39, 0.29) is 21.8 Å². The molecule has 35 heavy (non-hydrogen) atoms. The van der Waals surface area contributed by atoms with E-state index in [9.17, 15) is 14.7 Å². The maximum Gasteiger partial charge on any atom is 0.301 e. The topological polar surface area (TPSA) is 89.0 Å². The van der Waals surface area contributed by atoms with E-state index < -0.39 is 29.3 Å². The van der Waals surface area contributed by atoms with Gasteiger partial charge < -0.3 is 14.6 Å². The van der Waals surface area contributed by atoms with E-state index in [0.29, 0.717) is 17.0 Å². The molecule has 1 aliphatic heterocycles. The van der Waals surface area contributed by atoms with Crippen LogP contribution in [0.2, 0.25) is 0 Å². The third-order valence-corrected chi connectivity index (χ3v) is 6.80. The molecule has 5 rings (SSSR count). The molecule has 0 aliphatic carbocycles. The van der Waals surface area contributed by atoms with Gasteiger partial charge in [-0.2, -0.15) is 0 Å². The molecule has 3 aromatic carbocycles. The van der Waals surface area contributed by atoms with Crippen molar-refractivity contribution in [2.24, 2.45) is 0 Å². The number of carbonyl (C=O) groups excluding carboxylic acids is 2. The molecule has 0 bridgehead atoms. The Bertz CT molecular complexity index is 1510. The van der Waals surface area contributed by atoms with Crippen LogP contribution >= 0.6 is 11.3 Å². The number of thiazole rings is 1. The predicted molar refractivity (Wildman–Crippen MR) is 130 cm³/mol. The largest absolute Gasteiger partial charge is 0.507 e. The van der Waals surface area contributed by atoms with Crippen molar-refractivity contribution in [3.8, 4) is 11.5 Å². The molecule has 0 radical (unpaired) electrons. The Morgan fingerprint density at radius 1 is 1.00 bits per heavy atom. The summed E-state index contributed by atoms with van der Waals surface area (Å²) >= 11 is 1.16. The van der Waals surface area contributed by atoms with Crippen LogP contribution in [0.4, 0.5) is 9.52 Å². The molecule has 0 saturated carbocycles. The van der Waals surface area contributed by atoms with Crippen molar-refractivity contribution in [3.63, 3.8) is 0 Å². The van der Waals surface area contributed by atoms with Crippen LogP contribution in [0.15, 0.2) is 72.3 Å². The molecule has 1 atom stereocenters. The minimum atomic E-state index is -1.22. The number of hydrogen-bond acceptors (Lipinski definition) is 7. The van der Waals surface area contributed by atoms with Crippen LogP contribution in [0.1, 0.15) is 17.2 Å². The quantitative estimate of drug-likeness (QED) is 0.239. The van der Waals surface area contributed by atoms with Gasteiger partial charge in [-0.05, 0) is 36.4 Å². The number of nitrogens with zero attached hydrogens (tertiary/aromatic N) is 2. The van der Waals surface area contributed by atoms with Crippen LogP contribution in [0, 0.1) is 5.82 Å². The Kier molecular flexibility index (Phi) is 5.70. The normalized spacial score (nSPS) is 17.2. The number of rotatable bonds is 5. The number of anilines is 1. The van der Waals surface area contributed by atoms with Gasteiger partial charge in [0, 0.05) is 11.1 Å². The van der Waals surface area contributed by atoms with Crippen molar-refractivity contribution < 1.29 is 28.6 Å². The van der Waals surface area contributed by atoms with E-state index in [1.54, 1.807) is 49.6 Å². The highest BCUT2D eigenvalue weighted by Gasteiger charge is 2.49. The number of carbonyl (C=O) groups is 2. The fourth-order valence-corrected chi connectivity index (χ4v) is 5.09. The molecule has 2 heterocycles. The molecule has 1 aliphatic rings. The first-order valence-electron chi connectivity index (χ1n) is 10.6. The van der Waals surface area contributed by atoms with Crippen molar-refractivity contribution in [1.82, 2.24) is 4.98 Å². The van der Waals surface area contributed by atoms with Crippen LogP contribution in [-0.4, -0.2) is 36.0 Å². The van der Waals surface area contributed by atoms with Crippen LogP contribution < -0.4 is 14.4 Å². The lowest BCUT2D eigenvalue weighted by atomic mass is 9.95. The number of hydrogen-bond donors (Lipinski definition) is 1. The van der Waals surface area contributed by atoms with E-state index in [4.69, 9.17) is 9.47 Å². The maximum atomic E-state index is 15.0. The fourth-order valence-electron chi connectivity index (χ4n) is 4.07. The van der Waals surface area contributed by atoms with E-state index in [2.05, 4.69) is 4.98 Å². The number of halogens is 1. The first-order valence-corrected chi connectivity index (χ1v) is 11.4. The lowest BCUT2D eigenvalue weighted by molar-refractivity contribution is -0.132. The van der Waals surface area contributed by atoms with Gasteiger partial charge in [-0.1, -0.05) is 41.7 Å². The number of ketones is 1. The van der Waals surface area contributed by atoms with Gasteiger partial charge in [0.2, 0.25) is 0 Å². The number of methoxy groups -OCH3 is 2. The Labute approximate surface area is 203 Å². The monoisotopic (exact) mass is 490 g/mol. The number of aromatic nitrogens is 1. The van der Waals surface area contributed by atoms with E-state index in [1.807, 2.05) is 0 Å². The average Bonchev–Trinajstić information content (AvgIpc) is 3.41. The summed E-state index contributed by atoms with van der Waals surface area (Å²) in [5, 5.41) is 11.4. The van der Waals surface area contributed by atoms with Gasteiger partial charge in [-0.15, -0.1) is 0 Å². The first kappa shape index (κ1) is 22.5. The Hall–Kier alpha value is -4.24. The summed E-state index contributed by atoms with van der Waals surface area (Å²) in [6.45, 7) is 0. The summed E-state index contributed by atoms with van der Waals surface area (Å²) in [6, 6.07) is 16.3. The standard InChI is InChI=1S/C26H19FN2O5S/c1-33-15-7-5-6-14(12-15)23(30)21-22(17-8-3-4-9-18(17)27)29(25(32)24(21)31)26-28-19-11-10-16(34-2)13-20(19)35-26/h3-13,22,30H,1-2H3.